The molecule has 10 nitrogen and oxygen atoms in total. The predicted octanol–water partition coefficient (Wildman–Crippen LogP) is 5.39. The monoisotopic (exact) mass is 726 g/mol. The number of fused-ring (bicyclic) bond motifs is 3. The van der Waals surface area contributed by atoms with E-state index in [-0.39, 0.29) is 23.9 Å². The van der Waals surface area contributed by atoms with E-state index >= 15 is 0 Å². The minimum Gasteiger partial charge on any atom is -0.461 e. The number of nitriles is 1. The van der Waals surface area contributed by atoms with Crippen LogP contribution >= 0.6 is 23.4 Å². The van der Waals surface area contributed by atoms with Gasteiger partial charge in [-0.1, -0.05) is 41.9 Å². The first kappa shape index (κ1) is 34.5. The van der Waals surface area contributed by atoms with E-state index in [1.54, 1.807) is 6.08 Å². The zero-order valence-electron chi connectivity index (χ0n) is 29.3. The van der Waals surface area contributed by atoms with Crippen LogP contribution in [0.15, 0.2) is 48.6 Å². The van der Waals surface area contributed by atoms with Crippen molar-refractivity contribution in [1.29, 1.82) is 5.26 Å². The molecule has 0 radical (unpaired) electrons. The number of hydrogen-bond donors (Lipinski definition) is 0. The quantitative estimate of drug-likeness (QED) is 0.268. The third-order valence-corrected chi connectivity index (χ3v) is 12.9. The molecule has 0 aliphatic carbocycles. The number of anilines is 2. The average molecular weight is 727 g/mol. The maximum Gasteiger partial charge on any atom is 0.318 e. The van der Waals surface area contributed by atoms with Gasteiger partial charge in [-0.15, -0.1) is 0 Å². The number of ether oxygens (including phenoxy) is 1. The van der Waals surface area contributed by atoms with Crippen molar-refractivity contribution in [3.05, 3.63) is 64.8 Å². The first-order valence-electron chi connectivity index (χ1n) is 18.6. The van der Waals surface area contributed by atoms with Crippen LogP contribution in [0.3, 0.4) is 0 Å². The highest BCUT2D eigenvalue weighted by molar-refractivity contribution is 7.99. The van der Waals surface area contributed by atoms with Gasteiger partial charge in [-0.05, 0) is 62.7 Å². The van der Waals surface area contributed by atoms with Gasteiger partial charge in [0.05, 0.1) is 41.3 Å². The highest BCUT2D eigenvalue weighted by Gasteiger charge is 2.45. The van der Waals surface area contributed by atoms with Crippen LogP contribution in [-0.4, -0.2) is 119 Å². The molecule has 12 heteroatoms. The number of hydrogen-bond acceptors (Lipinski definition) is 10. The van der Waals surface area contributed by atoms with Gasteiger partial charge in [0.15, 0.2) is 0 Å². The van der Waals surface area contributed by atoms with E-state index in [4.69, 9.17) is 26.3 Å². The summed E-state index contributed by atoms with van der Waals surface area (Å²) in [5, 5.41) is 12.8. The van der Waals surface area contributed by atoms with Crippen LogP contribution in [0.1, 0.15) is 43.4 Å². The van der Waals surface area contributed by atoms with E-state index in [0.717, 1.165) is 109 Å². The molecular formula is C39H47ClN8O2S. The standard InChI is InChI=1S/C39H47ClN8O2S/c40-32-8-1-6-29-7-2-9-34(36(29)32)45-19-12-31-33(27-45)42-38(50-28-39-13-4-17-47(39)18-5-14-39)43-37(31)46-20-21-48(30(26-46)11-15-41)35(49)10-3-16-44-22-24-51-25-23-44/h1-3,6-10,30H,4-5,11-14,16-28H2/b10-3+/t30-/m0/s1. The van der Waals surface area contributed by atoms with Crippen molar-refractivity contribution < 1.29 is 9.53 Å². The Labute approximate surface area is 310 Å². The number of carbonyl (C=O) groups excluding carboxylic acids is 1. The molecule has 3 aromatic rings. The van der Waals surface area contributed by atoms with Crippen LogP contribution < -0.4 is 14.5 Å². The Balaban J connectivity index is 1.06. The molecule has 5 aliphatic rings. The number of thioether (sulfide) groups is 1. The lowest BCUT2D eigenvalue weighted by atomic mass is 9.95. The molecule has 1 aromatic heterocycles. The molecule has 2 aromatic carbocycles. The molecule has 0 unspecified atom stereocenters. The summed E-state index contributed by atoms with van der Waals surface area (Å²) < 4.78 is 6.59. The molecular weight excluding hydrogens is 680 g/mol. The lowest BCUT2D eigenvalue weighted by molar-refractivity contribution is -0.128. The molecule has 51 heavy (non-hydrogen) atoms. The zero-order valence-corrected chi connectivity index (χ0v) is 30.9. The van der Waals surface area contributed by atoms with Gasteiger partial charge < -0.3 is 19.4 Å². The highest BCUT2D eigenvalue weighted by Crippen LogP contribution is 2.40. The van der Waals surface area contributed by atoms with E-state index in [1.165, 1.54) is 12.8 Å². The van der Waals surface area contributed by atoms with Gasteiger partial charge in [0.2, 0.25) is 5.91 Å². The molecule has 0 saturated carbocycles. The van der Waals surface area contributed by atoms with E-state index in [9.17, 15) is 10.1 Å². The fourth-order valence-corrected chi connectivity index (χ4v) is 10.2. The summed E-state index contributed by atoms with van der Waals surface area (Å²) in [5.41, 5.74) is 3.27. The number of carbonyl (C=O) groups is 1. The SMILES string of the molecule is N#CC[C@H]1CN(c2nc(OCC34CCCN3CCC4)nc3c2CCN(c2cccc4cccc(Cl)c24)C3)CCN1C(=O)/C=C/CN1CCSCC1. The first-order chi connectivity index (χ1) is 25.0. The van der Waals surface area contributed by atoms with E-state index in [2.05, 4.69) is 49.9 Å². The normalized spacial score (nSPS) is 22.4. The van der Waals surface area contributed by atoms with Gasteiger partial charge in [-0.3, -0.25) is 14.6 Å². The van der Waals surface area contributed by atoms with Gasteiger partial charge in [0.25, 0.3) is 0 Å². The Bertz CT molecular complexity index is 1810. The Morgan fingerprint density at radius 3 is 2.63 bits per heavy atom. The van der Waals surface area contributed by atoms with Gasteiger partial charge in [-0.25, -0.2) is 0 Å². The van der Waals surface area contributed by atoms with Crippen LogP contribution in [-0.2, 0) is 17.8 Å². The number of rotatable bonds is 9. The van der Waals surface area contributed by atoms with Gasteiger partial charge in [0, 0.05) is 80.0 Å². The molecule has 0 bridgehead atoms. The first-order valence-corrected chi connectivity index (χ1v) is 20.1. The van der Waals surface area contributed by atoms with Crippen LogP contribution in [0.2, 0.25) is 5.02 Å². The minimum absolute atomic E-state index is 0.0173. The summed E-state index contributed by atoms with van der Waals surface area (Å²) in [6.07, 6.45) is 9.45. The number of halogens is 1. The van der Waals surface area contributed by atoms with Crippen molar-refractivity contribution in [2.75, 3.05) is 86.8 Å². The number of benzene rings is 2. The molecule has 8 rings (SSSR count). The number of piperazine rings is 1. The van der Waals surface area contributed by atoms with Gasteiger partial charge in [0.1, 0.15) is 12.4 Å². The van der Waals surface area contributed by atoms with Crippen molar-refractivity contribution in [1.82, 2.24) is 24.7 Å². The smallest absolute Gasteiger partial charge is 0.318 e. The molecule has 1 amide bonds. The Hall–Kier alpha value is -3.56. The van der Waals surface area contributed by atoms with E-state index in [0.29, 0.717) is 38.8 Å². The zero-order chi connectivity index (χ0) is 34.8. The molecule has 0 spiro atoms. The Morgan fingerprint density at radius 1 is 1.02 bits per heavy atom. The van der Waals surface area contributed by atoms with Crippen molar-refractivity contribution in [2.24, 2.45) is 0 Å². The van der Waals surface area contributed by atoms with Crippen molar-refractivity contribution in [3.63, 3.8) is 0 Å². The summed E-state index contributed by atoms with van der Waals surface area (Å²) >= 11 is 8.76. The van der Waals surface area contributed by atoms with Crippen LogP contribution in [0.5, 0.6) is 6.01 Å². The number of aromatic nitrogens is 2. The molecule has 4 fully saturated rings. The number of nitrogens with zero attached hydrogens (tertiary/aromatic N) is 8. The summed E-state index contributed by atoms with van der Waals surface area (Å²) in [5.74, 6) is 3.15. The average Bonchev–Trinajstić information content (AvgIpc) is 3.75. The molecule has 0 N–H and O–H groups in total. The summed E-state index contributed by atoms with van der Waals surface area (Å²) in [6, 6.07) is 15.0. The van der Waals surface area contributed by atoms with Gasteiger partial charge >= 0.3 is 6.01 Å². The van der Waals surface area contributed by atoms with Crippen LogP contribution in [0.4, 0.5) is 11.5 Å². The molecule has 5 aliphatic heterocycles. The fourth-order valence-electron chi connectivity index (χ4n) is 8.92. The van der Waals surface area contributed by atoms with E-state index < -0.39 is 0 Å². The van der Waals surface area contributed by atoms with E-state index in [1.807, 2.05) is 34.9 Å². The van der Waals surface area contributed by atoms with Crippen LogP contribution in [0, 0.1) is 11.3 Å². The Kier molecular flexibility index (Phi) is 10.3. The van der Waals surface area contributed by atoms with Crippen molar-refractivity contribution in [2.45, 2.75) is 56.7 Å². The van der Waals surface area contributed by atoms with Crippen molar-refractivity contribution >= 4 is 51.5 Å². The van der Waals surface area contributed by atoms with Gasteiger partial charge in [-0.2, -0.15) is 27.0 Å². The third-order valence-electron chi connectivity index (χ3n) is 11.6. The summed E-state index contributed by atoms with van der Waals surface area (Å²) in [4.78, 5) is 35.2. The maximum absolute atomic E-state index is 13.5. The molecule has 4 saturated heterocycles. The lowest BCUT2D eigenvalue weighted by Gasteiger charge is -2.42. The largest absolute Gasteiger partial charge is 0.461 e. The highest BCUT2D eigenvalue weighted by atomic mass is 35.5. The molecule has 1 atom stereocenters. The summed E-state index contributed by atoms with van der Waals surface area (Å²) in [7, 11) is 0. The maximum atomic E-state index is 13.5. The Morgan fingerprint density at radius 2 is 1.82 bits per heavy atom. The third kappa shape index (κ3) is 7.13. The van der Waals surface area contributed by atoms with Crippen molar-refractivity contribution in [3.8, 4) is 12.1 Å². The second-order valence-electron chi connectivity index (χ2n) is 14.6. The summed E-state index contributed by atoms with van der Waals surface area (Å²) in [6.45, 7) is 8.88. The number of amides is 1. The second kappa shape index (κ2) is 15.2. The second-order valence-corrected chi connectivity index (χ2v) is 16.2. The molecule has 6 heterocycles. The fraction of sp³-hybridized carbons (Fsp3) is 0.538. The topological polar surface area (TPSA) is 92.1 Å². The minimum atomic E-state index is -0.232. The van der Waals surface area contributed by atoms with Crippen LogP contribution in [0.25, 0.3) is 10.8 Å². The predicted molar refractivity (Wildman–Crippen MR) is 205 cm³/mol. The lowest BCUT2D eigenvalue weighted by Crippen LogP contribution is -2.55. The molecule has 268 valence electrons.